The molecular weight excluding hydrogens is 140 g/mol. The normalized spacial score (nSPS) is 12.5. The second kappa shape index (κ2) is 5.97. The Morgan fingerprint density at radius 3 is 2.73 bits per heavy atom. The summed E-state index contributed by atoms with van der Waals surface area (Å²) in [4.78, 5) is 0. The lowest BCUT2D eigenvalue weighted by Gasteiger charge is -2.10. The Morgan fingerprint density at radius 1 is 1.64 bits per heavy atom. The lowest BCUT2D eigenvalue weighted by atomic mass is 10.1. The first kappa shape index (κ1) is 10.2. The van der Waals surface area contributed by atoms with Gasteiger partial charge in [0.05, 0.1) is 0 Å². The first-order valence-corrected chi connectivity index (χ1v) is 3.89. The van der Waals surface area contributed by atoms with Crippen LogP contribution >= 0.6 is 0 Å². The van der Waals surface area contributed by atoms with Crippen molar-refractivity contribution in [2.24, 2.45) is 11.7 Å². The molecule has 4 heteroatoms. The third-order valence-corrected chi connectivity index (χ3v) is 1.51. The van der Waals surface area contributed by atoms with Crippen LogP contribution in [0.3, 0.4) is 0 Å². The summed E-state index contributed by atoms with van der Waals surface area (Å²) in [6, 6.07) is 0. The second-order valence-electron chi connectivity index (χ2n) is 2.79. The molecule has 0 rings (SSSR count). The van der Waals surface area contributed by atoms with E-state index >= 15 is 0 Å². The quantitative estimate of drug-likeness (QED) is 0.328. The van der Waals surface area contributed by atoms with Crippen molar-refractivity contribution in [3.63, 3.8) is 0 Å². The zero-order chi connectivity index (χ0) is 8.69. The Hall–Kier alpha value is -0.770. The highest BCUT2D eigenvalue weighted by molar-refractivity contribution is 5.74. The summed E-state index contributed by atoms with van der Waals surface area (Å²) in [5.41, 5.74) is 5.11. The summed E-state index contributed by atoms with van der Waals surface area (Å²) in [6.45, 7) is 3.97. The minimum Gasteiger partial charge on any atom is -0.370 e. The molecule has 0 amide bonds. The van der Waals surface area contributed by atoms with E-state index in [-0.39, 0.29) is 5.96 Å². The molecule has 0 spiro atoms. The van der Waals surface area contributed by atoms with Gasteiger partial charge < -0.3 is 16.4 Å². The third-order valence-electron chi connectivity index (χ3n) is 1.51. The smallest absolute Gasteiger partial charge is 0.185 e. The van der Waals surface area contributed by atoms with Crippen LogP contribution in [-0.2, 0) is 0 Å². The first-order valence-electron chi connectivity index (χ1n) is 3.89. The molecule has 0 heterocycles. The Bertz CT molecular complexity index is 113. The molecule has 0 radical (unpaired) electrons. The van der Waals surface area contributed by atoms with Gasteiger partial charge in [0.15, 0.2) is 5.96 Å². The predicted molar refractivity (Wildman–Crippen MR) is 47.6 cm³/mol. The molecule has 66 valence electrons. The van der Waals surface area contributed by atoms with Gasteiger partial charge in [-0.05, 0) is 25.9 Å². The lowest BCUT2D eigenvalue weighted by Crippen LogP contribution is -2.32. The maximum atomic E-state index is 6.89. The van der Waals surface area contributed by atoms with Gasteiger partial charge in [0, 0.05) is 6.54 Å². The summed E-state index contributed by atoms with van der Waals surface area (Å²) in [6.07, 6.45) is 1.04. The Balaban J connectivity index is 3.16. The Morgan fingerprint density at radius 2 is 2.27 bits per heavy atom. The van der Waals surface area contributed by atoms with E-state index in [1.807, 2.05) is 7.05 Å². The number of guanidine groups is 1. The molecular formula is C7H18N4. The minimum absolute atomic E-state index is 0.0571. The van der Waals surface area contributed by atoms with Crippen LogP contribution in [0.25, 0.3) is 0 Å². The first-order chi connectivity index (χ1) is 5.16. The lowest BCUT2D eigenvalue weighted by molar-refractivity contribution is 0.501. The average molecular weight is 158 g/mol. The van der Waals surface area contributed by atoms with E-state index in [1.165, 1.54) is 0 Å². The molecule has 11 heavy (non-hydrogen) atoms. The van der Waals surface area contributed by atoms with Gasteiger partial charge in [-0.2, -0.15) is 0 Å². The molecule has 4 nitrogen and oxygen atoms in total. The minimum atomic E-state index is 0.0571. The average Bonchev–Trinajstić information content (AvgIpc) is 1.87. The van der Waals surface area contributed by atoms with Gasteiger partial charge in [-0.25, -0.2) is 0 Å². The monoisotopic (exact) mass is 158 g/mol. The highest BCUT2D eigenvalue weighted by atomic mass is 15.0. The van der Waals surface area contributed by atoms with Gasteiger partial charge in [-0.3, -0.25) is 5.41 Å². The van der Waals surface area contributed by atoms with Gasteiger partial charge in [0.25, 0.3) is 0 Å². The van der Waals surface area contributed by atoms with E-state index in [1.54, 1.807) is 0 Å². The topological polar surface area (TPSA) is 73.9 Å². The summed E-state index contributed by atoms with van der Waals surface area (Å²) >= 11 is 0. The van der Waals surface area contributed by atoms with Crippen molar-refractivity contribution in [2.75, 3.05) is 20.1 Å². The third kappa shape index (κ3) is 7.12. The number of rotatable bonds is 5. The molecule has 0 saturated heterocycles. The maximum absolute atomic E-state index is 6.89. The SMILES string of the molecule is CNC[C@@H](C)CCNC(=N)N. The van der Waals surface area contributed by atoms with E-state index in [4.69, 9.17) is 11.1 Å². The van der Waals surface area contributed by atoms with Gasteiger partial charge in [-0.1, -0.05) is 6.92 Å². The zero-order valence-electron chi connectivity index (χ0n) is 7.28. The maximum Gasteiger partial charge on any atom is 0.185 e. The molecule has 0 unspecified atom stereocenters. The van der Waals surface area contributed by atoms with Crippen LogP contribution in [0.4, 0.5) is 0 Å². The predicted octanol–water partition coefficient (Wildman–Crippen LogP) is -0.285. The van der Waals surface area contributed by atoms with Crippen molar-refractivity contribution < 1.29 is 0 Å². The Labute approximate surface area is 68.1 Å². The zero-order valence-corrected chi connectivity index (χ0v) is 7.28. The van der Waals surface area contributed by atoms with E-state index in [0.29, 0.717) is 5.92 Å². The molecule has 0 bridgehead atoms. The fourth-order valence-electron chi connectivity index (χ4n) is 0.904. The fraction of sp³-hybridized carbons (Fsp3) is 0.857. The molecule has 0 aliphatic rings. The van der Waals surface area contributed by atoms with Crippen LogP contribution < -0.4 is 16.4 Å². The highest BCUT2D eigenvalue weighted by Crippen LogP contribution is 1.96. The van der Waals surface area contributed by atoms with Crippen LogP contribution in [0.2, 0.25) is 0 Å². The van der Waals surface area contributed by atoms with Crippen LogP contribution in [-0.4, -0.2) is 26.1 Å². The van der Waals surface area contributed by atoms with Gasteiger partial charge in [-0.15, -0.1) is 0 Å². The van der Waals surface area contributed by atoms with E-state index in [2.05, 4.69) is 17.6 Å². The second-order valence-corrected chi connectivity index (χ2v) is 2.79. The number of nitrogens with two attached hydrogens (primary N) is 1. The molecule has 0 saturated carbocycles. The van der Waals surface area contributed by atoms with Crippen molar-refractivity contribution in [2.45, 2.75) is 13.3 Å². The molecule has 0 aromatic rings. The number of nitrogens with one attached hydrogen (secondary N) is 3. The fourth-order valence-corrected chi connectivity index (χ4v) is 0.904. The van der Waals surface area contributed by atoms with Crippen LogP contribution in [0, 0.1) is 11.3 Å². The molecule has 1 atom stereocenters. The molecule has 0 aliphatic carbocycles. The molecule has 0 aliphatic heterocycles. The van der Waals surface area contributed by atoms with Crippen LogP contribution in [0.1, 0.15) is 13.3 Å². The van der Waals surface area contributed by atoms with Crippen molar-refractivity contribution >= 4 is 5.96 Å². The van der Waals surface area contributed by atoms with E-state index in [0.717, 1.165) is 19.5 Å². The van der Waals surface area contributed by atoms with Crippen molar-refractivity contribution in [1.82, 2.24) is 10.6 Å². The van der Waals surface area contributed by atoms with Crippen LogP contribution in [0.5, 0.6) is 0 Å². The molecule has 5 N–H and O–H groups in total. The van der Waals surface area contributed by atoms with E-state index in [9.17, 15) is 0 Å². The largest absolute Gasteiger partial charge is 0.370 e. The number of hydrogen-bond donors (Lipinski definition) is 4. The molecule has 0 fully saturated rings. The van der Waals surface area contributed by atoms with Crippen molar-refractivity contribution in [3.8, 4) is 0 Å². The van der Waals surface area contributed by atoms with E-state index < -0.39 is 0 Å². The van der Waals surface area contributed by atoms with Gasteiger partial charge in [0.1, 0.15) is 0 Å². The van der Waals surface area contributed by atoms with Gasteiger partial charge >= 0.3 is 0 Å². The summed E-state index contributed by atoms with van der Waals surface area (Å²) in [5.74, 6) is 0.688. The summed E-state index contributed by atoms with van der Waals surface area (Å²) < 4.78 is 0. The highest BCUT2D eigenvalue weighted by Gasteiger charge is 1.98. The van der Waals surface area contributed by atoms with Gasteiger partial charge in [0.2, 0.25) is 0 Å². The van der Waals surface area contributed by atoms with Crippen molar-refractivity contribution in [3.05, 3.63) is 0 Å². The molecule has 0 aromatic heterocycles. The summed E-state index contributed by atoms with van der Waals surface area (Å²) in [7, 11) is 1.94. The van der Waals surface area contributed by atoms with Crippen molar-refractivity contribution in [1.29, 1.82) is 5.41 Å². The summed E-state index contributed by atoms with van der Waals surface area (Å²) in [5, 5.41) is 12.8. The Kier molecular flexibility index (Phi) is 5.56. The number of hydrogen-bond acceptors (Lipinski definition) is 2. The standard InChI is InChI=1S/C7H18N4/c1-6(5-10-2)3-4-11-7(8)9/h6,10H,3-5H2,1-2H3,(H4,8,9,11)/t6-/m0/s1. The molecule has 0 aromatic carbocycles. The van der Waals surface area contributed by atoms with Crippen LogP contribution in [0.15, 0.2) is 0 Å².